The summed E-state index contributed by atoms with van der Waals surface area (Å²) in [4.78, 5) is 25.9. The van der Waals surface area contributed by atoms with Crippen molar-refractivity contribution in [2.75, 3.05) is 23.4 Å². The van der Waals surface area contributed by atoms with E-state index in [4.69, 9.17) is 21.5 Å². The molecule has 0 atom stereocenters. The lowest BCUT2D eigenvalue weighted by molar-refractivity contribution is -0.118. The van der Waals surface area contributed by atoms with Crippen LogP contribution in [0.25, 0.3) is 0 Å². The standard InChI is InChI=1S/C19H20ClN3O5S/c1-12-4-7-17-13(9-12)3-2-8-23(17)19(25)28-11-18(24)22-16-6-5-14(10-15(16)20)29(21,26)27/h4-7,9-10H,2-3,8,11H2,1H3,(H,22,24)(H2,21,26,27). The monoisotopic (exact) mass is 437 g/mol. The van der Waals surface area contributed by atoms with E-state index in [0.717, 1.165) is 35.7 Å². The average molecular weight is 438 g/mol. The highest BCUT2D eigenvalue weighted by Gasteiger charge is 2.24. The van der Waals surface area contributed by atoms with Gasteiger partial charge in [0.2, 0.25) is 10.0 Å². The first-order chi connectivity index (χ1) is 13.6. The number of nitrogens with two attached hydrogens (primary N) is 1. The van der Waals surface area contributed by atoms with E-state index in [1.807, 2.05) is 25.1 Å². The Morgan fingerprint density at radius 2 is 2.00 bits per heavy atom. The number of fused-ring (bicyclic) bond motifs is 1. The zero-order valence-corrected chi connectivity index (χ0v) is 17.2. The number of carbonyl (C=O) groups is 2. The molecule has 2 amide bonds. The van der Waals surface area contributed by atoms with Crippen molar-refractivity contribution in [3.63, 3.8) is 0 Å². The second kappa shape index (κ2) is 8.40. The molecule has 0 radical (unpaired) electrons. The van der Waals surface area contributed by atoms with Crippen LogP contribution in [0.2, 0.25) is 5.02 Å². The number of carbonyl (C=O) groups excluding carboxylic acids is 2. The number of hydrogen-bond acceptors (Lipinski definition) is 5. The van der Waals surface area contributed by atoms with E-state index >= 15 is 0 Å². The van der Waals surface area contributed by atoms with Crippen molar-refractivity contribution in [1.82, 2.24) is 0 Å². The van der Waals surface area contributed by atoms with Crippen molar-refractivity contribution >= 4 is 45.0 Å². The number of benzene rings is 2. The average Bonchev–Trinajstić information content (AvgIpc) is 2.66. The van der Waals surface area contributed by atoms with Gasteiger partial charge in [0, 0.05) is 6.54 Å². The summed E-state index contributed by atoms with van der Waals surface area (Å²) < 4.78 is 27.8. The molecule has 1 heterocycles. The fourth-order valence-electron chi connectivity index (χ4n) is 3.08. The Balaban J connectivity index is 1.61. The van der Waals surface area contributed by atoms with Gasteiger partial charge in [0.25, 0.3) is 5.91 Å². The summed E-state index contributed by atoms with van der Waals surface area (Å²) >= 11 is 5.98. The van der Waals surface area contributed by atoms with Gasteiger partial charge < -0.3 is 10.1 Å². The maximum Gasteiger partial charge on any atom is 0.414 e. The van der Waals surface area contributed by atoms with E-state index < -0.39 is 28.6 Å². The molecule has 0 aromatic heterocycles. The molecule has 1 aliphatic rings. The molecule has 154 valence electrons. The third-order valence-corrected chi connectivity index (χ3v) is 5.67. The second-order valence-corrected chi connectivity index (χ2v) is 8.65. The van der Waals surface area contributed by atoms with Crippen molar-refractivity contribution in [1.29, 1.82) is 0 Å². The number of rotatable bonds is 4. The number of aryl methyl sites for hydroxylation is 2. The van der Waals surface area contributed by atoms with Gasteiger partial charge in [0.1, 0.15) is 0 Å². The molecular weight excluding hydrogens is 418 g/mol. The highest BCUT2D eigenvalue weighted by atomic mass is 35.5. The predicted octanol–water partition coefficient (Wildman–Crippen LogP) is 2.82. The first-order valence-corrected chi connectivity index (χ1v) is 10.7. The Morgan fingerprint density at radius 1 is 1.24 bits per heavy atom. The van der Waals surface area contributed by atoms with E-state index in [0.29, 0.717) is 6.54 Å². The van der Waals surface area contributed by atoms with Gasteiger partial charge in [-0.2, -0.15) is 0 Å². The minimum absolute atomic E-state index is 0.00321. The lowest BCUT2D eigenvalue weighted by Crippen LogP contribution is -2.37. The number of nitrogens with zero attached hydrogens (tertiary/aromatic N) is 1. The largest absolute Gasteiger partial charge is 0.439 e. The third kappa shape index (κ3) is 5.06. The van der Waals surface area contributed by atoms with Crippen LogP contribution in [0.1, 0.15) is 17.5 Å². The fourth-order valence-corrected chi connectivity index (χ4v) is 3.91. The molecule has 8 nitrogen and oxygen atoms in total. The van der Waals surface area contributed by atoms with Gasteiger partial charge in [-0.05, 0) is 49.6 Å². The zero-order valence-electron chi connectivity index (χ0n) is 15.6. The van der Waals surface area contributed by atoms with Crippen LogP contribution >= 0.6 is 11.6 Å². The van der Waals surface area contributed by atoms with Crippen molar-refractivity contribution in [3.05, 3.63) is 52.5 Å². The Morgan fingerprint density at radius 3 is 2.69 bits per heavy atom. The Bertz CT molecular complexity index is 1070. The summed E-state index contributed by atoms with van der Waals surface area (Å²) in [5.74, 6) is -0.607. The van der Waals surface area contributed by atoms with Crippen molar-refractivity contribution in [2.45, 2.75) is 24.7 Å². The SMILES string of the molecule is Cc1ccc2c(c1)CCCN2C(=O)OCC(=O)Nc1ccc(S(N)(=O)=O)cc1Cl. The molecule has 29 heavy (non-hydrogen) atoms. The smallest absolute Gasteiger partial charge is 0.414 e. The van der Waals surface area contributed by atoms with E-state index in [1.165, 1.54) is 17.0 Å². The zero-order chi connectivity index (χ0) is 21.2. The van der Waals surface area contributed by atoms with Gasteiger partial charge >= 0.3 is 6.09 Å². The van der Waals surface area contributed by atoms with Crippen LogP contribution < -0.4 is 15.4 Å². The third-order valence-electron chi connectivity index (χ3n) is 4.44. The maximum atomic E-state index is 12.4. The van der Waals surface area contributed by atoms with E-state index in [2.05, 4.69) is 5.32 Å². The molecule has 0 spiro atoms. The number of nitrogens with one attached hydrogen (secondary N) is 1. The Hall–Kier alpha value is -2.62. The summed E-state index contributed by atoms with van der Waals surface area (Å²) in [6.07, 6.45) is 1.08. The van der Waals surface area contributed by atoms with Crippen molar-refractivity contribution in [2.24, 2.45) is 5.14 Å². The van der Waals surface area contributed by atoms with Crippen LogP contribution in [0.3, 0.4) is 0 Å². The normalized spacial score (nSPS) is 13.6. The van der Waals surface area contributed by atoms with Gasteiger partial charge in [-0.15, -0.1) is 0 Å². The summed E-state index contributed by atoms with van der Waals surface area (Å²) in [7, 11) is -3.90. The van der Waals surface area contributed by atoms with Crippen LogP contribution in [-0.4, -0.2) is 33.6 Å². The Labute approximate surface area is 173 Å². The molecule has 3 N–H and O–H groups in total. The van der Waals surface area contributed by atoms with Gasteiger partial charge in [-0.25, -0.2) is 18.4 Å². The molecule has 10 heteroatoms. The number of primary sulfonamides is 1. The van der Waals surface area contributed by atoms with Gasteiger partial charge in [0.15, 0.2) is 6.61 Å². The summed E-state index contributed by atoms with van der Waals surface area (Å²) in [5, 5.41) is 7.50. The molecule has 0 aliphatic carbocycles. The lowest BCUT2D eigenvalue weighted by atomic mass is 10.00. The van der Waals surface area contributed by atoms with Crippen LogP contribution in [0.15, 0.2) is 41.3 Å². The number of amides is 2. The first-order valence-electron chi connectivity index (χ1n) is 8.81. The highest BCUT2D eigenvalue weighted by molar-refractivity contribution is 7.89. The minimum Gasteiger partial charge on any atom is -0.439 e. The molecule has 3 rings (SSSR count). The molecule has 0 saturated heterocycles. The van der Waals surface area contributed by atoms with Crippen LogP contribution in [0, 0.1) is 6.92 Å². The van der Waals surface area contributed by atoms with E-state index in [9.17, 15) is 18.0 Å². The lowest BCUT2D eigenvalue weighted by Gasteiger charge is -2.28. The number of sulfonamides is 1. The number of hydrogen-bond donors (Lipinski definition) is 2. The van der Waals surface area contributed by atoms with Crippen LogP contribution in [0.4, 0.5) is 16.2 Å². The number of halogens is 1. The van der Waals surface area contributed by atoms with E-state index in [1.54, 1.807) is 0 Å². The Kier molecular flexibility index (Phi) is 6.11. The van der Waals surface area contributed by atoms with Crippen LogP contribution in [-0.2, 0) is 26.0 Å². The second-order valence-electron chi connectivity index (χ2n) is 6.68. The van der Waals surface area contributed by atoms with E-state index in [-0.39, 0.29) is 15.6 Å². The molecule has 2 aromatic rings. The van der Waals surface area contributed by atoms with Gasteiger partial charge in [-0.3, -0.25) is 9.69 Å². The van der Waals surface area contributed by atoms with Crippen molar-refractivity contribution in [3.8, 4) is 0 Å². The quantitative estimate of drug-likeness (QED) is 0.762. The molecule has 0 saturated carbocycles. The highest BCUT2D eigenvalue weighted by Crippen LogP contribution is 2.28. The van der Waals surface area contributed by atoms with Gasteiger partial charge in [0.05, 0.1) is 21.3 Å². The summed E-state index contributed by atoms with van der Waals surface area (Å²) in [6.45, 7) is 1.99. The summed E-state index contributed by atoms with van der Waals surface area (Å²) in [5.41, 5.74) is 3.15. The minimum atomic E-state index is -3.90. The number of ether oxygens (including phenoxy) is 1. The molecule has 2 aromatic carbocycles. The topological polar surface area (TPSA) is 119 Å². The molecule has 0 unspecified atom stereocenters. The van der Waals surface area contributed by atoms with Gasteiger partial charge in [-0.1, -0.05) is 29.3 Å². The predicted molar refractivity (Wildman–Crippen MR) is 110 cm³/mol. The molecular formula is C19H20ClN3O5S. The first kappa shape index (κ1) is 21.1. The molecule has 0 bridgehead atoms. The number of anilines is 2. The van der Waals surface area contributed by atoms with Crippen LogP contribution in [0.5, 0.6) is 0 Å². The fraction of sp³-hybridized carbons (Fsp3) is 0.263. The molecule has 1 aliphatic heterocycles. The maximum absolute atomic E-state index is 12.4. The van der Waals surface area contributed by atoms with Crippen molar-refractivity contribution < 1.29 is 22.7 Å². The summed E-state index contributed by atoms with van der Waals surface area (Å²) in [6, 6.07) is 9.49. The molecule has 0 fully saturated rings.